The highest BCUT2D eigenvalue weighted by Crippen LogP contribution is 2.48. The van der Waals surface area contributed by atoms with Crippen LogP contribution in [0.5, 0.6) is 11.5 Å². The number of carbonyl (C=O) groups excluding carboxylic acids is 1. The van der Waals surface area contributed by atoms with Crippen molar-refractivity contribution in [2.45, 2.75) is 31.1 Å². The lowest BCUT2D eigenvalue weighted by Crippen LogP contribution is -2.52. The number of hydrogen-bond acceptors (Lipinski definition) is 3. The van der Waals surface area contributed by atoms with Crippen molar-refractivity contribution in [2.75, 3.05) is 11.4 Å². The van der Waals surface area contributed by atoms with E-state index in [0.29, 0.717) is 41.6 Å². The maximum Gasteiger partial charge on any atom is 0.471 e. The Kier molecular flexibility index (Phi) is 4.42. The number of nitrogens with zero attached hydrogens (tertiary/aromatic N) is 1. The number of benzene rings is 2. The van der Waals surface area contributed by atoms with Crippen LogP contribution in [-0.2, 0) is 4.79 Å². The average molecular weight is 397 g/mol. The van der Waals surface area contributed by atoms with E-state index in [0.717, 1.165) is 5.56 Å². The van der Waals surface area contributed by atoms with E-state index >= 15 is 0 Å². The predicted octanol–water partition coefficient (Wildman–Crippen LogP) is 4.83. The van der Waals surface area contributed by atoms with Crippen LogP contribution in [0.4, 0.5) is 18.9 Å². The SMILES string of the molecule is O=C(N[C@@H]1CCCN2c3cc(Cl)ccc3Oc3ccccc3[C@@H]12)C(F)(F)F. The maximum absolute atomic E-state index is 12.8. The topological polar surface area (TPSA) is 41.6 Å². The van der Waals surface area contributed by atoms with Crippen LogP contribution in [0.25, 0.3) is 0 Å². The zero-order valence-electron chi connectivity index (χ0n) is 14.1. The summed E-state index contributed by atoms with van der Waals surface area (Å²) in [5.41, 5.74) is 1.44. The van der Waals surface area contributed by atoms with Crippen LogP contribution >= 0.6 is 11.6 Å². The fraction of sp³-hybridized carbons (Fsp3) is 0.316. The third-order valence-electron chi connectivity index (χ3n) is 4.89. The standard InChI is InChI=1S/C19H16ClF3N2O2/c20-11-7-8-16-14(10-11)25-9-3-5-13(24-18(26)19(21,22)23)17(25)12-4-1-2-6-15(12)27-16/h1-2,4,6-8,10,13,17H,3,5,9H2,(H,24,26)/t13-,17+/m1/s1. The van der Waals surface area contributed by atoms with Crippen molar-refractivity contribution < 1.29 is 22.7 Å². The van der Waals surface area contributed by atoms with Gasteiger partial charge in [0.2, 0.25) is 0 Å². The molecule has 0 bridgehead atoms. The summed E-state index contributed by atoms with van der Waals surface area (Å²) in [6.45, 7) is 0.619. The molecule has 4 rings (SSSR count). The van der Waals surface area contributed by atoms with Gasteiger partial charge < -0.3 is 15.0 Å². The van der Waals surface area contributed by atoms with Gasteiger partial charge in [-0.1, -0.05) is 29.8 Å². The molecule has 1 amide bonds. The third-order valence-corrected chi connectivity index (χ3v) is 5.13. The minimum atomic E-state index is -4.93. The monoisotopic (exact) mass is 396 g/mol. The van der Waals surface area contributed by atoms with Gasteiger partial charge in [-0.15, -0.1) is 0 Å². The molecule has 8 heteroatoms. The zero-order chi connectivity index (χ0) is 19.2. The van der Waals surface area contributed by atoms with E-state index in [1.54, 1.807) is 36.4 Å². The Hall–Kier alpha value is -2.41. The molecule has 2 aliphatic rings. The molecule has 27 heavy (non-hydrogen) atoms. The second-order valence-corrected chi connectivity index (χ2v) is 7.05. The molecule has 0 aliphatic carbocycles. The number of anilines is 1. The first-order chi connectivity index (χ1) is 12.8. The normalized spacial score (nSPS) is 21.3. The first kappa shape index (κ1) is 18.0. The van der Waals surface area contributed by atoms with Gasteiger partial charge >= 0.3 is 12.1 Å². The number of hydrogen-bond donors (Lipinski definition) is 1. The summed E-state index contributed by atoms with van der Waals surface area (Å²) in [4.78, 5) is 13.6. The van der Waals surface area contributed by atoms with Gasteiger partial charge in [-0.3, -0.25) is 4.79 Å². The highest BCUT2D eigenvalue weighted by Gasteiger charge is 2.44. The van der Waals surface area contributed by atoms with Gasteiger partial charge in [0.25, 0.3) is 0 Å². The number of ether oxygens (including phenoxy) is 1. The van der Waals surface area contributed by atoms with Gasteiger partial charge in [0, 0.05) is 17.1 Å². The van der Waals surface area contributed by atoms with Crippen LogP contribution in [0.15, 0.2) is 42.5 Å². The van der Waals surface area contributed by atoms with E-state index in [-0.39, 0.29) is 0 Å². The zero-order valence-corrected chi connectivity index (χ0v) is 14.8. The van der Waals surface area contributed by atoms with Gasteiger partial charge in [0.1, 0.15) is 5.75 Å². The molecular weight excluding hydrogens is 381 g/mol. The summed E-state index contributed by atoms with van der Waals surface area (Å²) in [5.74, 6) is -0.790. The smallest absolute Gasteiger partial charge is 0.455 e. The lowest BCUT2D eigenvalue weighted by Gasteiger charge is -2.42. The van der Waals surface area contributed by atoms with Crippen molar-refractivity contribution in [2.24, 2.45) is 0 Å². The maximum atomic E-state index is 12.8. The summed E-state index contributed by atoms with van der Waals surface area (Å²) < 4.78 is 44.5. The number of piperidine rings is 1. The van der Waals surface area contributed by atoms with Gasteiger partial charge in [0.15, 0.2) is 5.75 Å². The molecule has 4 nitrogen and oxygen atoms in total. The fourth-order valence-electron chi connectivity index (χ4n) is 3.79. The second-order valence-electron chi connectivity index (χ2n) is 6.61. The van der Waals surface area contributed by atoms with Crippen molar-refractivity contribution in [3.63, 3.8) is 0 Å². The van der Waals surface area contributed by atoms with Gasteiger partial charge in [-0.05, 0) is 37.1 Å². The highest BCUT2D eigenvalue weighted by molar-refractivity contribution is 6.31. The van der Waals surface area contributed by atoms with Gasteiger partial charge in [-0.2, -0.15) is 13.2 Å². The molecule has 142 valence electrons. The van der Waals surface area contributed by atoms with Crippen LogP contribution in [0, 0.1) is 0 Å². The predicted molar refractivity (Wildman–Crippen MR) is 95.3 cm³/mol. The number of carbonyl (C=O) groups is 1. The number of rotatable bonds is 1. The Morgan fingerprint density at radius 3 is 2.74 bits per heavy atom. The lowest BCUT2D eigenvalue weighted by atomic mass is 9.89. The average Bonchev–Trinajstić information content (AvgIpc) is 2.76. The van der Waals surface area contributed by atoms with E-state index in [1.807, 2.05) is 11.0 Å². The first-order valence-corrected chi connectivity index (χ1v) is 8.93. The molecule has 2 aliphatic heterocycles. The highest BCUT2D eigenvalue weighted by atomic mass is 35.5. The minimum absolute atomic E-state index is 0.438. The van der Waals surface area contributed by atoms with Crippen LogP contribution < -0.4 is 15.0 Å². The van der Waals surface area contributed by atoms with Crippen molar-refractivity contribution in [1.82, 2.24) is 5.32 Å². The number of fused-ring (bicyclic) bond motifs is 5. The van der Waals surface area contributed by atoms with Gasteiger partial charge in [-0.25, -0.2) is 0 Å². The lowest BCUT2D eigenvalue weighted by molar-refractivity contribution is -0.174. The fourth-order valence-corrected chi connectivity index (χ4v) is 3.96. The molecule has 1 saturated heterocycles. The molecule has 0 saturated carbocycles. The second kappa shape index (κ2) is 6.64. The van der Waals surface area contributed by atoms with Crippen molar-refractivity contribution in [3.8, 4) is 11.5 Å². The molecule has 2 atom stereocenters. The molecule has 0 unspecified atom stereocenters. The van der Waals surface area contributed by atoms with E-state index in [9.17, 15) is 18.0 Å². The molecular formula is C19H16ClF3N2O2. The van der Waals surface area contributed by atoms with Crippen molar-refractivity contribution in [3.05, 3.63) is 53.1 Å². The molecule has 0 aromatic heterocycles. The summed E-state index contributed by atoms with van der Waals surface area (Å²) >= 11 is 6.15. The Bertz CT molecular complexity index is 887. The number of amides is 1. The van der Waals surface area contributed by atoms with E-state index in [4.69, 9.17) is 16.3 Å². The summed E-state index contributed by atoms with van der Waals surface area (Å²) in [7, 11) is 0. The van der Waals surface area contributed by atoms with Crippen LogP contribution in [-0.4, -0.2) is 24.7 Å². The largest absolute Gasteiger partial charge is 0.471 e. The third kappa shape index (κ3) is 3.32. The molecule has 0 spiro atoms. The van der Waals surface area contributed by atoms with E-state index < -0.39 is 24.2 Å². The first-order valence-electron chi connectivity index (χ1n) is 8.55. The minimum Gasteiger partial charge on any atom is -0.455 e. The van der Waals surface area contributed by atoms with Gasteiger partial charge in [0.05, 0.1) is 17.8 Å². The van der Waals surface area contributed by atoms with Crippen molar-refractivity contribution >= 4 is 23.2 Å². The number of alkyl halides is 3. The van der Waals surface area contributed by atoms with E-state index in [1.165, 1.54) is 0 Å². The molecule has 2 heterocycles. The quantitative estimate of drug-likeness (QED) is 0.750. The van der Waals surface area contributed by atoms with Crippen LogP contribution in [0.3, 0.4) is 0 Å². The Morgan fingerprint density at radius 1 is 1.19 bits per heavy atom. The number of para-hydroxylation sites is 1. The molecule has 1 fully saturated rings. The molecule has 1 N–H and O–H groups in total. The molecule has 2 aromatic rings. The summed E-state index contributed by atoms with van der Waals surface area (Å²) in [5, 5.41) is 2.68. The number of halogens is 4. The Labute approximate surface area is 158 Å². The molecule has 0 radical (unpaired) electrons. The Balaban J connectivity index is 1.81. The van der Waals surface area contributed by atoms with Crippen LogP contribution in [0.1, 0.15) is 24.4 Å². The Morgan fingerprint density at radius 2 is 1.96 bits per heavy atom. The molecule has 2 aromatic carbocycles. The van der Waals surface area contributed by atoms with Crippen LogP contribution in [0.2, 0.25) is 5.02 Å². The summed E-state index contributed by atoms with van der Waals surface area (Å²) in [6, 6.07) is 11.2. The summed E-state index contributed by atoms with van der Waals surface area (Å²) in [6.07, 6.45) is -3.86. The van der Waals surface area contributed by atoms with Crippen molar-refractivity contribution in [1.29, 1.82) is 0 Å². The van der Waals surface area contributed by atoms with E-state index in [2.05, 4.69) is 5.32 Å². The number of nitrogens with one attached hydrogen (secondary N) is 1.